The Labute approximate surface area is 145 Å². The third kappa shape index (κ3) is 5.28. The van der Waals surface area contributed by atoms with E-state index in [1.807, 2.05) is 34.6 Å². The molecule has 1 aliphatic rings. The summed E-state index contributed by atoms with van der Waals surface area (Å²) in [5.41, 5.74) is 1.46. The summed E-state index contributed by atoms with van der Waals surface area (Å²) >= 11 is 0. The van der Waals surface area contributed by atoms with Gasteiger partial charge in [-0.15, -0.1) is 0 Å². The smallest absolute Gasteiger partial charge is 0.410 e. The molecule has 1 aromatic heterocycles. The van der Waals surface area contributed by atoms with Crippen LogP contribution in [-0.4, -0.2) is 48.9 Å². The molecule has 0 radical (unpaired) electrons. The second-order valence-electron chi connectivity index (χ2n) is 6.26. The number of fused-ring (bicyclic) bond motifs is 1. The van der Waals surface area contributed by atoms with Crippen molar-refractivity contribution in [2.24, 2.45) is 0 Å². The molecule has 0 bridgehead atoms. The Morgan fingerprint density at radius 1 is 1.12 bits per heavy atom. The predicted octanol–water partition coefficient (Wildman–Crippen LogP) is 3.46. The van der Waals surface area contributed by atoms with Gasteiger partial charge in [-0.3, -0.25) is 0 Å². The number of nitrogens with zero attached hydrogens (tertiary/aromatic N) is 2. The van der Waals surface area contributed by atoms with Crippen LogP contribution < -0.4 is 9.47 Å². The molecule has 0 aliphatic carbocycles. The van der Waals surface area contributed by atoms with Crippen LogP contribution in [0.5, 0.6) is 11.6 Å². The summed E-state index contributed by atoms with van der Waals surface area (Å²) in [7, 11) is 3.21. The maximum Gasteiger partial charge on any atom is 0.410 e. The zero-order chi connectivity index (χ0) is 18.3. The summed E-state index contributed by atoms with van der Waals surface area (Å²) in [5, 5.41) is 0. The number of hydrogen-bond acceptors (Lipinski definition) is 5. The molecule has 0 saturated heterocycles. The number of pyridine rings is 1. The highest BCUT2D eigenvalue weighted by Gasteiger charge is 2.26. The number of ether oxygens (including phenoxy) is 3. The number of hydrogen-bond donors (Lipinski definition) is 0. The molecular weight excluding hydrogens is 308 g/mol. The first-order valence-corrected chi connectivity index (χ1v) is 8.42. The van der Waals surface area contributed by atoms with Crippen molar-refractivity contribution in [2.45, 2.75) is 53.1 Å². The molecule has 0 saturated carbocycles. The highest BCUT2D eigenvalue weighted by Crippen LogP contribution is 2.29. The molecule has 1 aliphatic heterocycles. The maximum atomic E-state index is 12.2. The van der Waals surface area contributed by atoms with E-state index in [0.29, 0.717) is 31.8 Å². The van der Waals surface area contributed by atoms with Crippen LogP contribution in [0.25, 0.3) is 0 Å². The topological polar surface area (TPSA) is 60.9 Å². The number of carbonyl (C=O) groups is 1. The van der Waals surface area contributed by atoms with Crippen molar-refractivity contribution in [3.05, 3.63) is 17.3 Å². The highest BCUT2D eigenvalue weighted by atomic mass is 16.6. The van der Waals surface area contributed by atoms with E-state index in [0.717, 1.165) is 17.0 Å². The van der Waals surface area contributed by atoms with Crippen LogP contribution in [0.4, 0.5) is 4.79 Å². The van der Waals surface area contributed by atoms with E-state index in [9.17, 15) is 4.79 Å². The molecule has 6 nitrogen and oxygen atoms in total. The first kappa shape index (κ1) is 20.1. The van der Waals surface area contributed by atoms with Crippen LogP contribution in [0.3, 0.4) is 0 Å². The summed E-state index contributed by atoms with van der Waals surface area (Å²) in [6.07, 6.45) is 1.06. The van der Waals surface area contributed by atoms with Crippen molar-refractivity contribution >= 4 is 6.09 Å². The maximum absolute atomic E-state index is 12.2. The van der Waals surface area contributed by atoms with E-state index in [2.05, 4.69) is 4.98 Å². The van der Waals surface area contributed by atoms with Crippen molar-refractivity contribution in [1.82, 2.24) is 9.88 Å². The van der Waals surface area contributed by atoms with Gasteiger partial charge in [0.25, 0.3) is 0 Å². The molecule has 0 atom stereocenters. The lowest BCUT2D eigenvalue weighted by Crippen LogP contribution is -2.38. The van der Waals surface area contributed by atoms with Gasteiger partial charge < -0.3 is 19.1 Å². The van der Waals surface area contributed by atoms with Crippen molar-refractivity contribution in [3.8, 4) is 11.6 Å². The van der Waals surface area contributed by atoms with E-state index in [-0.39, 0.29) is 6.09 Å². The summed E-state index contributed by atoms with van der Waals surface area (Å²) in [6.45, 7) is 10.8. The summed E-state index contributed by atoms with van der Waals surface area (Å²) in [5.74, 6) is 1.29. The minimum Gasteiger partial charge on any atom is -0.496 e. The van der Waals surface area contributed by atoms with Gasteiger partial charge in [-0.2, -0.15) is 0 Å². The normalized spacial score (nSPS) is 13.9. The Morgan fingerprint density at radius 3 is 2.29 bits per heavy atom. The molecule has 136 valence electrons. The minimum atomic E-state index is -0.491. The molecule has 0 spiro atoms. The van der Waals surface area contributed by atoms with Crippen LogP contribution in [0.2, 0.25) is 0 Å². The largest absolute Gasteiger partial charge is 0.496 e. The van der Waals surface area contributed by atoms with Crippen molar-refractivity contribution < 1.29 is 19.0 Å². The highest BCUT2D eigenvalue weighted by molar-refractivity contribution is 5.68. The van der Waals surface area contributed by atoms with Gasteiger partial charge in [0.05, 0.1) is 19.9 Å². The van der Waals surface area contributed by atoms with Crippen LogP contribution >= 0.6 is 0 Å². The van der Waals surface area contributed by atoms with Crippen molar-refractivity contribution in [3.63, 3.8) is 0 Å². The predicted molar refractivity (Wildman–Crippen MR) is 93.9 cm³/mol. The van der Waals surface area contributed by atoms with Gasteiger partial charge >= 0.3 is 6.09 Å². The SMILES string of the molecule is CC.COc1cc(OC)c2c(n1)CCN(C(=O)OC(C)(C)C)CC2. The van der Waals surface area contributed by atoms with Gasteiger partial charge in [-0.1, -0.05) is 13.8 Å². The molecule has 0 aromatic carbocycles. The summed E-state index contributed by atoms with van der Waals surface area (Å²) in [4.78, 5) is 18.4. The van der Waals surface area contributed by atoms with Gasteiger partial charge in [0, 0.05) is 31.1 Å². The first-order valence-electron chi connectivity index (χ1n) is 8.42. The van der Waals surface area contributed by atoms with E-state index < -0.39 is 5.60 Å². The number of rotatable bonds is 2. The molecule has 0 fully saturated rings. The van der Waals surface area contributed by atoms with E-state index in [1.54, 1.807) is 25.2 Å². The lowest BCUT2D eigenvalue weighted by atomic mass is 10.1. The molecule has 0 N–H and O–H groups in total. The van der Waals surface area contributed by atoms with Crippen molar-refractivity contribution in [1.29, 1.82) is 0 Å². The lowest BCUT2D eigenvalue weighted by molar-refractivity contribution is 0.0258. The van der Waals surface area contributed by atoms with E-state index in [1.165, 1.54) is 0 Å². The van der Waals surface area contributed by atoms with E-state index in [4.69, 9.17) is 14.2 Å². The molecule has 24 heavy (non-hydrogen) atoms. The monoisotopic (exact) mass is 338 g/mol. The average molecular weight is 338 g/mol. The van der Waals surface area contributed by atoms with Gasteiger partial charge in [0.2, 0.25) is 5.88 Å². The molecule has 0 unspecified atom stereocenters. The summed E-state index contributed by atoms with van der Waals surface area (Å²) in [6, 6.07) is 1.78. The molecule has 1 aromatic rings. The third-order valence-corrected chi connectivity index (χ3v) is 3.48. The zero-order valence-corrected chi connectivity index (χ0v) is 15.9. The number of methoxy groups -OCH3 is 2. The van der Waals surface area contributed by atoms with Gasteiger partial charge in [-0.25, -0.2) is 9.78 Å². The first-order chi connectivity index (χ1) is 11.3. The second-order valence-corrected chi connectivity index (χ2v) is 6.26. The van der Waals surface area contributed by atoms with Crippen LogP contribution in [-0.2, 0) is 17.6 Å². The fourth-order valence-electron chi connectivity index (χ4n) is 2.44. The number of amides is 1. The third-order valence-electron chi connectivity index (χ3n) is 3.48. The van der Waals surface area contributed by atoms with Crippen molar-refractivity contribution in [2.75, 3.05) is 27.3 Å². The molecule has 2 rings (SSSR count). The number of carbonyl (C=O) groups excluding carboxylic acids is 1. The Bertz CT molecular complexity index is 553. The Balaban J connectivity index is 0.00000139. The quantitative estimate of drug-likeness (QED) is 0.826. The van der Waals surface area contributed by atoms with Crippen LogP contribution in [0.1, 0.15) is 45.9 Å². The lowest BCUT2D eigenvalue weighted by Gasteiger charge is -2.26. The molecule has 6 heteroatoms. The zero-order valence-electron chi connectivity index (χ0n) is 15.9. The Morgan fingerprint density at radius 2 is 1.75 bits per heavy atom. The van der Waals surface area contributed by atoms with Crippen LogP contribution in [0.15, 0.2) is 6.07 Å². The number of aromatic nitrogens is 1. The Hall–Kier alpha value is -1.98. The van der Waals surface area contributed by atoms with Gasteiger partial charge in [0.15, 0.2) is 0 Å². The molecule has 2 heterocycles. The second kappa shape index (κ2) is 8.76. The standard InChI is InChI=1S/C16H24N2O4.C2H6/c1-16(2,3)22-15(19)18-8-6-11-12(7-9-18)17-14(21-5)10-13(11)20-4;1-2/h10H,6-9H2,1-5H3;1-2H3. The molecular formula is C18H30N2O4. The fraction of sp³-hybridized carbons (Fsp3) is 0.667. The molecule has 1 amide bonds. The fourth-order valence-corrected chi connectivity index (χ4v) is 2.44. The van der Waals surface area contributed by atoms with Crippen LogP contribution in [0, 0.1) is 0 Å². The minimum absolute atomic E-state index is 0.286. The summed E-state index contributed by atoms with van der Waals surface area (Å²) < 4.78 is 16.1. The average Bonchev–Trinajstić information content (AvgIpc) is 2.76. The van der Waals surface area contributed by atoms with E-state index >= 15 is 0 Å². The van der Waals surface area contributed by atoms with Gasteiger partial charge in [-0.05, 0) is 27.2 Å². The Kier molecular flexibility index (Phi) is 7.32. The van der Waals surface area contributed by atoms with Gasteiger partial charge in [0.1, 0.15) is 11.4 Å².